The number of piperidine rings is 1. The molecular formula is C19H27N5O4. The molecule has 1 heterocycles. The number of carbonyl (C=O) groups is 2. The van der Waals surface area contributed by atoms with Crippen molar-refractivity contribution < 1.29 is 14.5 Å². The Hall–Kier alpha value is -2.68. The van der Waals surface area contributed by atoms with Crippen molar-refractivity contribution in [2.24, 2.45) is 5.73 Å². The predicted octanol–water partition coefficient (Wildman–Crippen LogP) is 1.63. The minimum absolute atomic E-state index is 0.0810. The molecule has 1 saturated carbocycles. The number of nitro benzene ring substituents is 1. The average Bonchev–Trinajstić information content (AvgIpc) is 3.50. The topological polar surface area (TPSA) is 131 Å². The molecule has 0 bridgehead atoms. The van der Waals surface area contributed by atoms with E-state index in [4.69, 9.17) is 5.73 Å². The van der Waals surface area contributed by atoms with Crippen molar-refractivity contribution in [3.05, 3.63) is 33.9 Å². The smallest absolute Gasteiger partial charge is 0.293 e. The number of hydrogen-bond acceptors (Lipinski definition) is 6. The molecule has 152 valence electrons. The highest BCUT2D eigenvalue weighted by Crippen LogP contribution is 2.32. The van der Waals surface area contributed by atoms with Gasteiger partial charge in [-0.2, -0.15) is 0 Å². The fourth-order valence-corrected chi connectivity index (χ4v) is 3.48. The van der Waals surface area contributed by atoms with E-state index in [0.717, 1.165) is 32.1 Å². The van der Waals surface area contributed by atoms with E-state index >= 15 is 0 Å². The zero-order chi connectivity index (χ0) is 20.1. The summed E-state index contributed by atoms with van der Waals surface area (Å²) in [6.45, 7) is 1.23. The monoisotopic (exact) mass is 389 g/mol. The Bertz CT molecular complexity index is 750. The van der Waals surface area contributed by atoms with Gasteiger partial charge in [0.15, 0.2) is 0 Å². The number of rotatable bonds is 8. The quantitative estimate of drug-likeness (QED) is 0.457. The van der Waals surface area contributed by atoms with Crippen molar-refractivity contribution >= 4 is 23.2 Å². The fraction of sp³-hybridized carbons (Fsp3) is 0.579. The van der Waals surface area contributed by atoms with Crippen LogP contribution in [0.2, 0.25) is 0 Å². The summed E-state index contributed by atoms with van der Waals surface area (Å²) < 4.78 is 0. The number of nitrogens with zero attached hydrogens (tertiary/aromatic N) is 2. The summed E-state index contributed by atoms with van der Waals surface area (Å²) in [5, 5.41) is 17.4. The first-order valence-corrected chi connectivity index (χ1v) is 9.82. The highest BCUT2D eigenvalue weighted by atomic mass is 16.6. The molecule has 0 spiro atoms. The van der Waals surface area contributed by atoms with E-state index in [9.17, 15) is 19.7 Å². The first-order valence-electron chi connectivity index (χ1n) is 9.82. The SMILES string of the molecule is NCCC(=O)NCC1CCCCN1C(=O)c1ccc(NC2CC2)c([N+](=O)[O-])c1. The van der Waals surface area contributed by atoms with E-state index in [1.807, 2.05) is 0 Å². The maximum Gasteiger partial charge on any atom is 0.293 e. The number of anilines is 1. The lowest BCUT2D eigenvalue weighted by Gasteiger charge is -2.36. The second kappa shape index (κ2) is 9.01. The molecule has 4 N–H and O–H groups in total. The largest absolute Gasteiger partial charge is 0.377 e. The van der Waals surface area contributed by atoms with Gasteiger partial charge in [-0.1, -0.05) is 0 Å². The van der Waals surface area contributed by atoms with Crippen LogP contribution < -0.4 is 16.4 Å². The van der Waals surface area contributed by atoms with Crippen molar-refractivity contribution in [2.75, 3.05) is 25.0 Å². The van der Waals surface area contributed by atoms with Crippen molar-refractivity contribution in [1.29, 1.82) is 0 Å². The van der Waals surface area contributed by atoms with Crippen LogP contribution in [0.5, 0.6) is 0 Å². The minimum Gasteiger partial charge on any atom is -0.377 e. The van der Waals surface area contributed by atoms with Gasteiger partial charge in [0.1, 0.15) is 5.69 Å². The number of nitrogens with two attached hydrogens (primary N) is 1. The third-order valence-corrected chi connectivity index (χ3v) is 5.17. The molecule has 9 nitrogen and oxygen atoms in total. The van der Waals surface area contributed by atoms with Crippen molar-refractivity contribution in [3.8, 4) is 0 Å². The maximum atomic E-state index is 13.1. The molecule has 1 aliphatic carbocycles. The van der Waals surface area contributed by atoms with Crippen LogP contribution in [0.25, 0.3) is 0 Å². The minimum atomic E-state index is -0.456. The molecule has 1 unspecified atom stereocenters. The van der Waals surface area contributed by atoms with Gasteiger partial charge in [-0.25, -0.2) is 0 Å². The summed E-state index contributed by atoms with van der Waals surface area (Å²) in [5.41, 5.74) is 6.06. The van der Waals surface area contributed by atoms with Gasteiger partial charge in [-0.3, -0.25) is 19.7 Å². The molecule has 3 rings (SSSR count). The first kappa shape index (κ1) is 20.1. The Balaban J connectivity index is 1.73. The maximum absolute atomic E-state index is 13.1. The highest BCUT2D eigenvalue weighted by molar-refractivity contribution is 5.96. The zero-order valence-corrected chi connectivity index (χ0v) is 15.9. The third kappa shape index (κ3) is 4.98. The van der Waals surface area contributed by atoms with Crippen LogP contribution in [0, 0.1) is 10.1 Å². The second-order valence-electron chi connectivity index (χ2n) is 7.40. The van der Waals surface area contributed by atoms with Gasteiger partial charge in [0, 0.05) is 49.8 Å². The van der Waals surface area contributed by atoms with Crippen LogP contribution >= 0.6 is 0 Å². The standard InChI is InChI=1S/C19H27N5O4/c20-9-8-18(25)21-12-15-3-1-2-10-23(15)19(26)13-4-7-16(22-14-5-6-14)17(11-13)24(27)28/h4,7,11,14-15,22H,1-3,5-6,8-10,12,20H2,(H,21,25). The van der Waals surface area contributed by atoms with E-state index in [2.05, 4.69) is 10.6 Å². The molecule has 1 aliphatic heterocycles. The van der Waals surface area contributed by atoms with E-state index in [1.54, 1.807) is 17.0 Å². The van der Waals surface area contributed by atoms with Crippen molar-refractivity contribution in [1.82, 2.24) is 10.2 Å². The molecule has 28 heavy (non-hydrogen) atoms. The van der Waals surface area contributed by atoms with Crippen LogP contribution in [0.4, 0.5) is 11.4 Å². The van der Waals surface area contributed by atoms with E-state index in [1.165, 1.54) is 6.07 Å². The van der Waals surface area contributed by atoms with Gasteiger partial charge in [-0.05, 0) is 44.2 Å². The molecule has 2 amide bonds. The number of benzene rings is 1. The van der Waals surface area contributed by atoms with Crippen LogP contribution in [-0.2, 0) is 4.79 Å². The average molecular weight is 389 g/mol. The summed E-state index contributed by atoms with van der Waals surface area (Å²) >= 11 is 0. The highest BCUT2D eigenvalue weighted by Gasteiger charge is 2.30. The number of hydrogen-bond donors (Lipinski definition) is 3. The number of nitro groups is 1. The number of nitrogens with one attached hydrogen (secondary N) is 2. The molecule has 0 aromatic heterocycles. The lowest BCUT2D eigenvalue weighted by atomic mass is 10.00. The molecular weight excluding hydrogens is 362 g/mol. The summed E-state index contributed by atoms with van der Waals surface area (Å²) in [5.74, 6) is -0.370. The normalized spacial score (nSPS) is 19.2. The molecule has 0 radical (unpaired) electrons. The van der Waals surface area contributed by atoms with E-state index in [0.29, 0.717) is 24.3 Å². The van der Waals surface area contributed by atoms with Gasteiger partial charge in [0.05, 0.1) is 4.92 Å². The zero-order valence-electron chi connectivity index (χ0n) is 15.9. The lowest BCUT2D eigenvalue weighted by Crippen LogP contribution is -2.49. The Morgan fingerprint density at radius 2 is 2.04 bits per heavy atom. The molecule has 1 saturated heterocycles. The van der Waals surface area contributed by atoms with Crippen LogP contribution in [-0.4, -0.2) is 53.4 Å². The Morgan fingerprint density at radius 3 is 2.71 bits per heavy atom. The molecule has 1 aromatic carbocycles. The Labute approximate surface area is 163 Å². The van der Waals surface area contributed by atoms with Crippen LogP contribution in [0.15, 0.2) is 18.2 Å². The van der Waals surface area contributed by atoms with Gasteiger partial charge >= 0.3 is 0 Å². The number of carbonyl (C=O) groups excluding carboxylic acids is 2. The molecule has 9 heteroatoms. The van der Waals surface area contributed by atoms with Crippen LogP contribution in [0.1, 0.15) is 48.9 Å². The molecule has 2 fully saturated rings. The summed E-state index contributed by atoms with van der Waals surface area (Å²) in [6, 6.07) is 4.77. The first-order chi connectivity index (χ1) is 13.5. The fourth-order valence-electron chi connectivity index (χ4n) is 3.48. The third-order valence-electron chi connectivity index (χ3n) is 5.17. The lowest BCUT2D eigenvalue weighted by molar-refractivity contribution is -0.384. The summed E-state index contributed by atoms with van der Waals surface area (Å²) in [7, 11) is 0. The molecule has 1 aromatic rings. The van der Waals surface area contributed by atoms with E-state index in [-0.39, 0.29) is 42.6 Å². The summed E-state index contributed by atoms with van der Waals surface area (Å²) in [4.78, 5) is 37.5. The van der Waals surface area contributed by atoms with Crippen molar-refractivity contribution in [3.63, 3.8) is 0 Å². The van der Waals surface area contributed by atoms with Gasteiger partial charge in [-0.15, -0.1) is 0 Å². The van der Waals surface area contributed by atoms with Gasteiger partial charge < -0.3 is 21.3 Å². The Morgan fingerprint density at radius 1 is 1.25 bits per heavy atom. The number of amides is 2. The predicted molar refractivity (Wildman–Crippen MR) is 105 cm³/mol. The molecule has 2 aliphatic rings. The van der Waals surface area contributed by atoms with Crippen LogP contribution in [0.3, 0.4) is 0 Å². The molecule has 1 atom stereocenters. The number of likely N-dealkylation sites (tertiary alicyclic amines) is 1. The second-order valence-corrected chi connectivity index (χ2v) is 7.40. The van der Waals surface area contributed by atoms with Gasteiger partial charge in [0.25, 0.3) is 11.6 Å². The summed E-state index contributed by atoms with van der Waals surface area (Å²) in [6.07, 6.45) is 4.90. The van der Waals surface area contributed by atoms with E-state index < -0.39 is 4.92 Å². The van der Waals surface area contributed by atoms with Crippen molar-refractivity contribution in [2.45, 2.75) is 50.6 Å². The Kier molecular flexibility index (Phi) is 6.45. The van der Waals surface area contributed by atoms with Gasteiger partial charge in [0.2, 0.25) is 5.91 Å².